The average Bonchev–Trinajstić information content (AvgIpc) is 2.54. The summed E-state index contributed by atoms with van der Waals surface area (Å²) in [5.41, 5.74) is 1.81. The first kappa shape index (κ1) is 13.3. The maximum absolute atomic E-state index is 12.6. The number of rotatable bonds is 3. The number of hydrogen-bond donors (Lipinski definition) is 0. The van der Waals surface area contributed by atoms with Gasteiger partial charge in [0.15, 0.2) is 5.78 Å². The van der Waals surface area contributed by atoms with Crippen LogP contribution in [-0.4, -0.2) is 10.8 Å². The van der Waals surface area contributed by atoms with Gasteiger partial charge in [-0.15, -0.1) is 0 Å². The molecule has 1 aliphatic rings. The Hall–Kier alpha value is -1.70. The van der Waals surface area contributed by atoms with Gasteiger partial charge in [-0.1, -0.05) is 19.4 Å². The zero-order valence-corrected chi connectivity index (χ0v) is 12.0. The molecule has 2 nitrogen and oxygen atoms in total. The topological polar surface area (TPSA) is 30.0 Å². The summed E-state index contributed by atoms with van der Waals surface area (Å²) >= 11 is 0. The highest BCUT2D eigenvalue weighted by atomic mass is 16.1. The third-order valence-electron chi connectivity index (χ3n) is 4.68. The van der Waals surface area contributed by atoms with Crippen LogP contribution in [0.5, 0.6) is 0 Å². The normalized spacial score (nSPS) is 22.9. The second kappa shape index (κ2) is 5.74. The van der Waals surface area contributed by atoms with Gasteiger partial charge >= 0.3 is 0 Å². The molecule has 2 heteroatoms. The molecule has 0 saturated heterocycles. The minimum atomic E-state index is 0.229. The largest absolute Gasteiger partial charge is 0.294 e. The molecule has 1 aromatic carbocycles. The summed E-state index contributed by atoms with van der Waals surface area (Å²) in [4.78, 5) is 16.9. The summed E-state index contributed by atoms with van der Waals surface area (Å²) in [6.45, 7) is 2.25. The Morgan fingerprint density at radius 2 is 2.00 bits per heavy atom. The number of carbonyl (C=O) groups is 1. The average molecular weight is 267 g/mol. The third kappa shape index (κ3) is 2.60. The Morgan fingerprint density at radius 1 is 1.20 bits per heavy atom. The minimum Gasteiger partial charge on any atom is -0.294 e. The standard InChI is InChI=1S/C18H21NO/c1-2-13-5-7-14(8-6-13)18(20)16-9-10-17-15(12-16)4-3-11-19-17/h3-4,9-14H,2,5-8H2,1H3. The van der Waals surface area contributed by atoms with Crippen LogP contribution in [0.15, 0.2) is 36.5 Å². The number of fused-ring (bicyclic) bond motifs is 1. The molecule has 1 aromatic heterocycles. The van der Waals surface area contributed by atoms with Crippen molar-refractivity contribution in [2.75, 3.05) is 0 Å². The van der Waals surface area contributed by atoms with Crippen molar-refractivity contribution in [2.24, 2.45) is 11.8 Å². The predicted octanol–water partition coefficient (Wildman–Crippen LogP) is 4.63. The van der Waals surface area contributed by atoms with Gasteiger partial charge in [-0.3, -0.25) is 9.78 Å². The Bertz CT molecular complexity index is 612. The van der Waals surface area contributed by atoms with Crippen molar-refractivity contribution in [1.29, 1.82) is 0 Å². The van der Waals surface area contributed by atoms with E-state index in [4.69, 9.17) is 0 Å². The summed E-state index contributed by atoms with van der Waals surface area (Å²) in [7, 11) is 0. The predicted molar refractivity (Wildman–Crippen MR) is 81.8 cm³/mol. The van der Waals surface area contributed by atoms with Gasteiger partial charge < -0.3 is 0 Å². The summed E-state index contributed by atoms with van der Waals surface area (Å²) in [5, 5.41) is 1.06. The van der Waals surface area contributed by atoms with Gasteiger partial charge in [0.1, 0.15) is 0 Å². The Labute approximate surface area is 120 Å². The second-order valence-electron chi connectivity index (χ2n) is 5.90. The molecule has 104 valence electrons. The molecular weight excluding hydrogens is 246 g/mol. The molecule has 0 N–H and O–H groups in total. The number of carbonyl (C=O) groups excluding carboxylic acids is 1. The molecule has 2 aromatic rings. The van der Waals surface area contributed by atoms with E-state index in [-0.39, 0.29) is 5.92 Å². The lowest BCUT2D eigenvalue weighted by molar-refractivity contribution is 0.0871. The van der Waals surface area contributed by atoms with Crippen LogP contribution in [0, 0.1) is 11.8 Å². The van der Waals surface area contributed by atoms with E-state index in [1.807, 2.05) is 30.3 Å². The Morgan fingerprint density at radius 3 is 2.75 bits per heavy atom. The van der Waals surface area contributed by atoms with E-state index in [2.05, 4.69) is 11.9 Å². The Balaban J connectivity index is 1.79. The third-order valence-corrected chi connectivity index (χ3v) is 4.68. The van der Waals surface area contributed by atoms with Crippen LogP contribution in [0.25, 0.3) is 10.9 Å². The van der Waals surface area contributed by atoms with E-state index in [0.29, 0.717) is 5.78 Å². The monoisotopic (exact) mass is 267 g/mol. The van der Waals surface area contributed by atoms with Gasteiger partial charge in [0.2, 0.25) is 0 Å². The Kier molecular flexibility index (Phi) is 3.81. The van der Waals surface area contributed by atoms with Crippen molar-refractivity contribution in [2.45, 2.75) is 39.0 Å². The van der Waals surface area contributed by atoms with Crippen molar-refractivity contribution in [1.82, 2.24) is 4.98 Å². The van der Waals surface area contributed by atoms with Gasteiger partial charge in [-0.05, 0) is 55.9 Å². The molecule has 1 heterocycles. The number of pyridine rings is 1. The lowest BCUT2D eigenvalue weighted by atomic mass is 9.78. The van der Waals surface area contributed by atoms with Crippen LogP contribution >= 0.6 is 0 Å². The smallest absolute Gasteiger partial charge is 0.165 e. The van der Waals surface area contributed by atoms with E-state index in [1.165, 1.54) is 19.3 Å². The molecule has 0 amide bonds. The number of benzene rings is 1. The van der Waals surface area contributed by atoms with Crippen LogP contribution < -0.4 is 0 Å². The zero-order chi connectivity index (χ0) is 13.9. The van der Waals surface area contributed by atoms with Gasteiger partial charge in [-0.25, -0.2) is 0 Å². The molecule has 1 aliphatic carbocycles. The van der Waals surface area contributed by atoms with Crippen LogP contribution in [-0.2, 0) is 0 Å². The number of hydrogen-bond acceptors (Lipinski definition) is 2. The van der Waals surface area contributed by atoms with Crippen molar-refractivity contribution in [3.63, 3.8) is 0 Å². The maximum Gasteiger partial charge on any atom is 0.165 e. The lowest BCUT2D eigenvalue weighted by Gasteiger charge is -2.26. The molecular formula is C18H21NO. The van der Waals surface area contributed by atoms with Gasteiger partial charge in [0.05, 0.1) is 5.52 Å². The molecule has 1 saturated carbocycles. The fourth-order valence-corrected chi connectivity index (χ4v) is 3.30. The highest BCUT2D eigenvalue weighted by Crippen LogP contribution is 2.32. The molecule has 1 fully saturated rings. The number of ketones is 1. The maximum atomic E-state index is 12.6. The van der Waals surface area contributed by atoms with Crippen LogP contribution in [0.3, 0.4) is 0 Å². The SMILES string of the molecule is CCC1CCC(C(=O)c2ccc3ncccc3c2)CC1. The van der Waals surface area contributed by atoms with E-state index in [0.717, 1.165) is 35.2 Å². The first-order valence-electron chi connectivity index (χ1n) is 7.67. The summed E-state index contributed by atoms with van der Waals surface area (Å²) < 4.78 is 0. The summed E-state index contributed by atoms with van der Waals surface area (Å²) in [5.74, 6) is 1.39. The van der Waals surface area contributed by atoms with Crippen LogP contribution in [0.1, 0.15) is 49.4 Å². The highest BCUT2D eigenvalue weighted by molar-refractivity contribution is 6.00. The minimum absolute atomic E-state index is 0.229. The first-order valence-corrected chi connectivity index (χ1v) is 7.67. The zero-order valence-electron chi connectivity index (χ0n) is 12.0. The van der Waals surface area contributed by atoms with E-state index < -0.39 is 0 Å². The first-order chi connectivity index (χ1) is 9.78. The second-order valence-corrected chi connectivity index (χ2v) is 5.90. The summed E-state index contributed by atoms with van der Waals surface area (Å²) in [6.07, 6.45) is 7.58. The molecule has 0 radical (unpaired) electrons. The molecule has 0 unspecified atom stereocenters. The highest BCUT2D eigenvalue weighted by Gasteiger charge is 2.26. The van der Waals surface area contributed by atoms with Crippen molar-refractivity contribution in [3.8, 4) is 0 Å². The van der Waals surface area contributed by atoms with E-state index >= 15 is 0 Å². The number of Topliss-reactive ketones (excluding diaryl/α,β-unsaturated/α-hetero) is 1. The molecule has 0 aliphatic heterocycles. The van der Waals surface area contributed by atoms with Crippen molar-refractivity contribution < 1.29 is 4.79 Å². The van der Waals surface area contributed by atoms with E-state index in [9.17, 15) is 4.79 Å². The van der Waals surface area contributed by atoms with Crippen LogP contribution in [0.2, 0.25) is 0 Å². The van der Waals surface area contributed by atoms with E-state index in [1.54, 1.807) is 6.20 Å². The fraction of sp³-hybridized carbons (Fsp3) is 0.444. The van der Waals surface area contributed by atoms with Gasteiger partial charge in [0, 0.05) is 23.1 Å². The molecule has 0 bridgehead atoms. The lowest BCUT2D eigenvalue weighted by Crippen LogP contribution is -2.21. The number of nitrogens with zero attached hydrogens (tertiary/aromatic N) is 1. The van der Waals surface area contributed by atoms with Crippen molar-refractivity contribution >= 4 is 16.7 Å². The molecule has 3 rings (SSSR count). The van der Waals surface area contributed by atoms with Crippen molar-refractivity contribution in [3.05, 3.63) is 42.1 Å². The molecule has 20 heavy (non-hydrogen) atoms. The van der Waals surface area contributed by atoms with Gasteiger partial charge in [0.25, 0.3) is 0 Å². The van der Waals surface area contributed by atoms with Crippen LogP contribution in [0.4, 0.5) is 0 Å². The fourth-order valence-electron chi connectivity index (χ4n) is 3.30. The quantitative estimate of drug-likeness (QED) is 0.759. The van der Waals surface area contributed by atoms with Gasteiger partial charge in [-0.2, -0.15) is 0 Å². The number of aromatic nitrogens is 1. The molecule has 0 spiro atoms. The summed E-state index contributed by atoms with van der Waals surface area (Å²) in [6, 6.07) is 9.83. The molecule has 0 atom stereocenters.